The third kappa shape index (κ3) is 2.92. The first kappa shape index (κ1) is 14.8. The molecule has 1 aliphatic rings. The van der Waals surface area contributed by atoms with Gasteiger partial charge in [0.05, 0.1) is 16.7 Å². The fraction of sp³-hybridized carbons (Fsp3) is 0.615. The van der Waals surface area contributed by atoms with Gasteiger partial charge in [0.15, 0.2) is 0 Å². The number of carboxylic acids is 1. The Morgan fingerprint density at radius 3 is 2.75 bits per heavy atom. The Bertz CT molecular complexity index is 529. The van der Waals surface area contributed by atoms with E-state index in [-0.39, 0.29) is 12.1 Å². The molecule has 6 nitrogen and oxygen atoms in total. The van der Waals surface area contributed by atoms with E-state index in [0.29, 0.717) is 13.0 Å². The van der Waals surface area contributed by atoms with E-state index < -0.39 is 12.0 Å². The highest BCUT2D eigenvalue weighted by molar-refractivity contribution is 7.11. The second-order valence-corrected chi connectivity index (χ2v) is 6.28. The molecular weight excluding hydrogens is 278 g/mol. The lowest BCUT2D eigenvalue weighted by Crippen LogP contribution is -2.46. The van der Waals surface area contributed by atoms with Gasteiger partial charge in [0.1, 0.15) is 6.04 Å². The summed E-state index contributed by atoms with van der Waals surface area (Å²) >= 11 is 1.55. The predicted molar refractivity (Wildman–Crippen MR) is 75.9 cm³/mol. The molecule has 2 atom stereocenters. The largest absolute Gasteiger partial charge is 0.480 e. The maximum absolute atomic E-state index is 12.2. The Morgan fingerprint density at radius 2 is 2.20 bits per heavy atom. The Morgan fingerprint density at radius 1 is 1.50 bits per heavy atom. The van der Waals surface area contributed by atoms with Crippen molar-refractivity contribution >= 4 is 23.3 Å². The number of hydrogen-bond acceptors (Lipinski definition) is 4. The molecule has 1 fully saturated rings. The van der Waals surface area contributed by atoms with E-state index in [1.165, 1.54) is 4.90 Å². The number of aliphatic carboxylic acids is 1. The molecule has 1 aromatic rings. The smallest absolute Gasteiger partial charge is 0.326 e. The number of nitrogens with one attached hydrogen (secondary N) is 1. The van der Waals surface area contributed by atoms with Gasteiger partial charge in [-0.3, -0.25) is 0 Å². The number of thiazole rings is 1. The second kappa shape index (κ2) is 5.78. The van der Waals surface area contributed by atoms with Gasteiger partial charge in [-0.1, -0.05) is 0 Å². The van der Waals surface area contributed by atoms with Crippen molar-refractivity contribution in [2.75, 3.05) is 6.54 Å². The van der Waals surface area contributed by atoms with Gasteiger partial charge in [-0.05, 0) is 33.6 Å². The number of likely N-dealkylation sites (tertiary alicyclic amines) is 1. The van der Waals surface area contributed by atoms with Gasteiger partial charge in [0.25, 0.3) is 0 Å². The number of nitrogens with zero attached hydrogens (tertiary/aromatic N) is 2. The Kier molecular flexibility index (Phi) is 4.27. The molecule has 2 heterocycles. The van der Waals surface area contributed by atoms with E-state index in [9.17, 15) is 9.59 Å². The molecule has 20 heavy (non-hydrogen) atoms. The summed E-state index contributed by atoms with van der Waals surface area (Å²) in [6, 6.07) is -1.18. The summed E-state index contributed by atoms with van der Waals surface area (Å²) in [5.74, 6) is -0.935. The van der Waals surface area contributed by atoms with Gasteiger partial charge in [0, 0.05) is 11.4 Å². The average molecular weight is 297 g/mol. The molecule has 0 spiro atoms. The van der Waals surface area contributed by atoms with Crippen LogP contribution in [0.25, 0.3) is 0 Å². The molecule has 2 N–H and O–H groups in total. The van der Waals surface area contributed by atoms with Crippen molar-refractivity contribution in [2.45, 2.75) is 45.7 Å². The lowest BCUT2D eigenvalue weighted by molar-refractivity contribution is -0.141. The van der Waals surface area contributed by atoms with Crippen LogP contribution in [-0.4, -0.2) is 39.6 Å². The molecule has 0 aromatic carbocycles. The Labute approximate surface area is 121 Å². The van der Waals surface area contributed by atoms with Crippen LogP contribution in [-0.2, 0) is 4.79 Å². The van der Waals surface area contributed by atoms with E-state index in [0.717, 1.165) is 22.0 Å². The lowest BCUT2D eigenvalue weighted by Gasteiger charge is -2.24. The van der Waals surface area contributed by atoms with E-state index >= 15 is 0 Å². The van der Waals surface area contributed by atoms with Crippen LogP contribution < -0.4 is 5.32 Å². The number of hydrogen-bond donors (Lipinski definition) is 2. The molecule has 0 saturated carbocycles. The highest BCUT2D eigenvalue weighted by Gasteiger charge is 2.34. The quantitative estimate of drug-likeness (QED) is 0.895. The molecule has 1 aromatic heterocycles. The fourth-order valence-corrected chi connectivity index (χ4v) is 3.48. The molecule has 0 bridgehead atoms. The van der Waals surface area contributed by atoms with Crippen LogP contribution in [0.1, 0.15) is 41.4 Å². The van der Waals surface area contributed by atoms with Gasteiger partial charge >= 0.3 is 12.0 Å². The van der Waals surface area contributed by atoms with Crippen molar-refractivity contribution in [3.8, 4) is 0 Å². The van der Waals surface area contributed by atoms with E-state index in [2.05, 4.69) is 10.3 Å². The molecular formula is C13H19N3O3S. The summed E-state index contributed by atoms with van der Waals surface area (Å²) in [5.41, 5.74) is 0.913. The van der Waals surface area contributed by atoms with Crippen molar-refractivity contribution in [3.63, 3.8) is 0 Å². The minimum absolute atomic E-state index is 0.163. The summed E-state index contributed by atoms with van der Waals surface area (Å²) in [6.45, 7) is 6.23. The first-order chi connectivity index (χ1) is 9.40. The van der Waals surface area contributed by atoms with Gasteiger partial charge in [-0.25, -0.2) is 14.6 Å². The van der Waals surface area contributed by atoms with Gasteiger partial charge in [-0.2, -0.15) is 0 Å². The summed E-state index contributed by atoms with van der Waals surface area (Å²) in [4.78, 5) is 30.1. The Balaban J connectivity index is 2.04. The zero-order valence-electron chi connectivity index (χ0n) is 11.8. The Hall–Kier alpha value is -1.63. The zero-order chi connectivity index (χ0) is 14.9. The molecule has 0 aliphatic carbocycles. The van der Waals surface area contributed by atoms with Crippen LogP contribution in [0.3, 0.4) is 0 Å². The normalized spacial score (nSPS) is 19.9. The number of carboxylic acid groups (broad SMARTS) is 1. The number of carbonyl (C=O) groups excluding carboxylic acids is 1. The summed E-state index contributed by atoms with van der Waals surface area (Å²) in [5, 5.41) is 12.9. The topological polar surface area (TPSA) is 82.5 Å². The predicted octanol–water partition coefficient (Wildman–Crippen LogP) is 2.08. The van der Waals surface area contributed by atoms with Crippen molar-refractivity contribution in [1.29, 1.82) is 0 Å². The lowest BCUT2D eigenvalue weighted by atomic mass is 10.2. The number of amides is 2. The maximum atomic E-state index is 12.2. The first-order valence-corrected chi connectivity index (χ1v) is 7.45. The molecule has 110 valence electrons. The van der Waals surface area contributed by atoms with Crippen LogP contribution in [0.4, 0.5) is 4.79 Å². The van der Waals surface area contributed by atoms with Crippen LogP contribution in [0, 0.1) is 13.8 Å². The summed E-state index contributed by atoms with van der Waals surface area (Å²) in [6.07, 6.45) is 1.26. The van der Waals surface area contributed by atoms with Crippen molar-refractivity contribution in [2.24, 2.45) is 0 Å². The SMILES string of the molecule is Cc1nc(C)c(C(C)NC(=O)N2CCC[C@@H]2C(=O)O)s1. The number of urea groups is 1. The fourth-order valence-electron chi connectivity index (χ4n) is 2.55. The maximum Gasteiger partial charge on any atom is 0.326 e. The third-order valence-corrected chi connectivity index (χ3v) is 4.73. The van der Waals surface area contributed by atoms with Crippen LogP contribution >= 0.6 is 11.3 Å². The van der Waals surface area contributed by atoms with Crippen molar-refractivity contribution in [1.82, 2.24) is 15.2 Å². The minimum atomic E-state index is -0.935. The van der Waals surface area contributed by atoms with Crippen LogP contribution in [0.2, 0.25) is 0 Å². The monoisotopic (exact) mass is 297 g/mol. The molecule has 1 saturated heterocycles. The standard InChI is InChI=1S/C13H19N3O3S/c1-7-11(20-9(3)14-7)8(2)15-13(19)16-6-4-5-10(16)12(17)18/h8,10H,4-6H2,1-3H3,(H,15,19)(H,17,18)/t8?,10-/m1/s1. The molecule has 1 unspecified atom stereocenters. The summed E-state index contributed by atoms with van der Waals surface area (Å²) in [7, 11) is 0. The van der Waals surface area contributed by atoms with Gasteiger partial charge in [-0.15, -0.1) is 11.3 Å². The van der Waals surface area contributed by atoms with E-state index in [1.807, 2.05) is 20.8 Å². The van der Waals surface area contributed by atoms with Crippen molar-refractivity contribution < 1.29 is 14.7 Å². The van der Waals surface area contributed by atoms with Gasteiger partial charge in [0.2, 0.25) is 0 Å². The second-order valence-electron chi connectivity index (χ2n) is 5.04. The zero-order valence-corrected chi connectivity index (χ0v) is 12.7. The van der Waals surface area contributed by atoms with Crippen molar-refractivity contribution in [3.05, 3.63) is 15.6 Å². The van der Waals surface area contributed by atoms with E-state index in [1.54, 1.807) is 11.3 Å². The molecule has 7 heteroatoms. The molecule has 1 aliphatic heterocycles. The molecule has 2 rings (SSSR count). The van der Waals surface area contributed by atoms with E-state index in [4.69, 9.17) is 5.11 Å². The number of aryl methyl sites for hydroxylation is 2. The highest BCUT2D eigenvalue weighted by atomic mass is 32.1. The van der Waals surface area contributed by atoms with Crippen LogP contribution in [0.5, 0.6) is 0 Å². The summed E-state index contributed by atoms with van der Waals surface area (Å²) < 4.78 is 0. The number of carbonyl (C=O) groups is 2. The minimum Gasteiger partial charge on any atom is -0.480 e. The average Bonchev–Trinajstić information content (AvgIpc) is 2.95. The number of rotatable bonds is 3. The third-order valence-electron chi connectivity index (χ3n) is 3.47. The number of aromatic nitrogens is 1. The van der Waals surface area contributed by atoms with Gasteiger partial charge < -0.3 is 15.3 Å². The molecule has 0 radical (unpaired) electrons. The molecule has 2 amide bonds. The highest BCUT2D eigenvalue weighted by Crippen LogP contribution is 2.25. The van der Waals surface area contributed by atoms with Crippen LogP contribution in [0.15, 0.2) is 0 Å². The first-order valence-electron chi connectivity index (χ1n) is 6.64.